The van der Waals surface area contributed by atoms with E-state index in [-0.39, 0.29) is 11.9 Å². The number of hydrogen-bond donors (Lipinski definition) is 0. The number of esters is 1. The lowest BCUT2D eigenvalue weighted by atomic mass is 10.0. The van der Waals surface area contributed by atoms with Gasteiger partial charge in [-0.2, -0.15) is 0 Å². The number of hydrogen-bond acceptors (Lipinski definition) is 2. The molecule has 1 unspecified atom stereocenters. The van der Waals surface area contributed by atoms with Crippen LogP contribution in [0.15, 0.2) is 42.5 Å². The molecule has 0 amide bonds. The molecule has 0 saturated carbocycles. The first-order valence-electron chi connectivity index (χ1n) is 4.99. The quantitative estimate of drug-likeness (QED) is 0.557. The number of ether oxygens (including phenoxy) is 1. The van der Waals surface area contributed by atoms with Crippen molar-refractivity contribution in [2.24, 2.45) is 0 Å². The molecule has 0 heterocycles. The molecule has 2 nitrogen and oxygen atoms in total. The molecule has 1 rings (SSSR count). The molecule has 0 aromatic heterocycles. The first-order valence-corrected chi connectivity index (χ1v) is 4.99. The first kappa shape index (κ1) is 11.5. The number of carbonyl (C=O) groups excluding carboxylic acids is 1. The molecular formula is C13H16O2. The summed E-state index contributed by atoms with van der Waals surface area (Å²) in [6, 6.07) is 9.98. The van der Waals surface area contributed by atoms with Crippen LogP contribution < -0.4 is 0 Å². The summed E-state index contributed by atoms with van der Waals surface area (Å²) in [6.45, 7) is 7.61. The van der Waals surface area contributed by atoms with Gasteiger partial charge in [0.1, 0.15) is 0 Å². The fourth-order valence-corrected chi connectivity index (χ4v) is 1.20. The minimum atomic E-state index is -0.321. The zero-order chi connectivity index (χ0) is 11.3. The van der Waals surface area contributed by atoms with Crippen LogP contribution in [0.4, 0.5) is 0 Å². The lowest BCUT2D eigenvalue weighted by molar-refractivity contribution is -0.139. The van der Waals surface area contributed by atoms with Gasteiger partial charge in [0.15, 0.2) is 0 Å². The van der Waals surface area contributed by atoms with E-state index < -0.39 is 0 Å². The maximum absolute atomic E-state index is 11.2. The minimum Gasteiger partial charge on any atom is -0.462 e. The Morgan fingerprint density at radius 1 is 1.40 bits per heavy atom. The highest BCUT2D eigenvalue weighted by molar-refractivity contribution is 5.86. The Hall–Kier alpha value is -1.57. The third-order valence-electron chi connectivity index (χ3n) is 2.18. The van der Waals surface area contributed by atoms with Crippen LogP contribution in [0.25, 0.3) is 0 Å². The summed E-state index contributed by atoms with van der Waals surface area (Å²) in [6.07, 6.45) is 0. The van der Waals surface area contributed by atoms with Crippen molar-refractivity contribution in [3.63, 3.8) is 0 Å². The van der Waals surface area contributed by atoms with Crippen molar-refractivity contribution in [2.75, 3.05) is 6.61 Å². The molecule has 1 aromatic rings. The molecule has 1 atom stereocenters. The monoisotopic (exact) mass is 204 g/mol. The Morgan fingerprint density at radius 2 is 2.00 bits per heavy atom. The van der Waals surface area contributed by atoms with Gasteiger partial charge in [0.2, 0.25) is 0 Å². The van der Waals surface area contributed by atoms with Crippen molar-refractivity contribution in [3.05, 3.63) is 48.0 Å². The highest BCUT2D eigenvalue weighted by Crippen LogP contribution is 2.14. The van der Waals surface area contributed by atoms with E-state index in [0.717, 1.165) is 0 Å². The van der Waals surface area contributed by atoms with Gasteiger partial charge < -0.3 is 4.74 Å². The lowest BCUT2D eigenvalue weighted by Crippen LogP contribution is -2.11. The van der Waals surface area contributed by atoms with Crippen molar-refractivity contribution in [1.82, 2.24) is 0 Å². The number of rotatable bonds is 4. The molecule has 0 aliphatic heterocycles. The van der Waals surface area contributed by atoms with Gasteiger partial charge in [-0.05, 0) is 12.5 Å². The molecule has 0 N–H and O–H groups in total. The summed E-state index contributed by atoms with van der Waals surface area (Å²) in [5.41, 5.74) is 1.61. The molecule has 0 spiro atoms. The first-order chi connectivity index (χ1) is 7.11. The van der Waals surface area contributed by atoms with Gasteiger partial charge in [-0.3, -0.25) is 0 Å². The maximum atomic E-state index is 11.2. The Morgan fingerprint density at radius 3 is 2.53 bits per heavy atom. The average molecular weight is 204 g/mol. The Bertz CT molecular complexity index is 341. The van der Waals surface area contributed by atoms with Crippen LogP contribution in [0.2, 0.25) is 0 Å². The zero-order valence-electron chi connectivity index (χ0n) is 9.19. The third-order valence-corrected chi connectivity index (χ3v) is 2.18. The van der Waals surface area contributed by atoms with Gasteiger partial charge in [0.25, 0.3) is 0 Å². The maximum Gasteiger partial charge on any atom is 0.333 e. The van der Waals surface area contributed by atoms with Crippen LogP contribution in [0.3, 0.4) is 0 Å². The fraction of sp³-hybridized carbons (Fsp3) is 0.308. The molecule has 0 radical (unpaired) electrons. The van der Waals surface area contributed by atoms with Crippen LogP contribution in [-0.4, -0.2) is 12.6 Å². The largest absolute Gasteiger partial charge is 0.462 e. The van der Waals surface area contributed by atoms with E-state index in [2.05, 4.69) is 6.58 Å². The van der Waals surface area contributed by atoms with Gasteiger partial charge in [0.05, 0.1) is 6.61 Å². The van der Waals surface area contributed by atoms with E-state index in [0.29, 0.717) is 12.2 Å². The predicted octanol–water partition coefficient (Wildman–Crippen LogP) is 2.91. The zero-order valence-corrected chi connectivity index (χ0v) is 9.19. The van der Waals surface area contributed by atoms with Gasteiger partial charge in [0, 0.05) is 11.5 Å². The second-order valence-electron chi connectivity index (χ2n) is 3.69. The highest BCUT2D eigenvalue weighted by Gasteiger charge is 2.08. The summed E-state index contributed by atoms with van der Waals surface area (Å²) in [5, 5.41) is 0. The van der Waals surface area contributed by atoms with E-state index in [9.17, 15) is 4.79 Å². The molecule has 0 fully saturated rings. The molecule has 15 heavy (non-hydrogen) atoms. The molecule has 0 aliphatic carbocycles. The van der Waals surface area contributed by atoms with Crippen molar-refractivity contribution in [3.8, 4) is 0 Å². The van der Waals surface area contributed by atoms with Gasteiger partial charge >= 0.3 is 5.97 Å². The van der Waals surface area contributed by atoms with E-state index in [1.165, 1.54) is 5.56 Å². The number of benzene rings is 1. The lowest BCUT2D eigenvalue weighted by Gasteiger charge is -2.12. The van der Waals surface area contributed by atoms with Crippen LogP contribution in [0, 0.1) is 0 Å². The second kappa shape index (κ2) is 5.35. The third kappa shape index (κ3) is 3.58. The van der Waals surface area contributed by atoms with Gasteiger partial charge in [-0.25, -0.2) is 4.79 Å². The predicted molar refractivity (Wildman–Crippen MR) is 60.6 cm³/mol. The SMILES string of the molecule is C=C(C)C(=O)OCC(C)c1ccccc1. The van der Waals surface area contributed by atoms with Crippen molar-refractivity contribution in [2.45, 2.75) is 19.8 Å². The molecular weight excluding hydrogens is 188 g/mol. The smallest absolute Gasteiger partial charge is 0.333 e. The number of carbonyl (C=O) groups is 1. The van der Waals surface area contributed by atoms with Crippen molar-refractivity contribution in [1.29, 1.82) is 0 Å². The Balaban J connectivity index is 2.47. The van der Waals surface area contributed by atoms with Crippen LogP contribution >= 0.6 is 0 Å². The molecule has 1 aromatic carbocycles. The minimum absolute atomic E-state index is 0.217. The van der Waals surface area contributed by atoms with Crippen LogP contribution in [-0.2, 0) is 9.53 Å². The summed E-state index contributed by atoms with van der Waals surface area (Å²) in [5.74, 6) is -0.104. The fourth-order valence-electron chi connectivity index (χ4n) is 1.20. The van der Waals surface area contributed by atoms with Crippen LogP contribution in [0.1, 0.15) is 25.3 Å². The van der Waals surface area contributed by atoms with Gasteiger partial charge in [-0.1, -0.05) is 43.8 Å². The summed E-state index contributed by atoms with van der Waals surface area (Å²) < 4.78 is 5.08. The second-order valence-corrected chi connectivity index (χ2v) is 3.69. The van der Waals surface area contributed by atoms with E-state index >= 15 is 0 Å². The average Bonchev–Trinajstić information content (AvgIpc) is 2.26. The standard InChI is InChI=1S/C13H16O2/c1-10(2)13(14)15-9-11(3)12-7-5-4-6-8-12/h4-8,11H,1,9H2,2-3H3. The summed E-state index contributed by atoms with van der Waals surface area (Å²) in [4.78, 5) is 11.2. The van der Waals surface area contributed by atoms with E-state index in [1.807, 2.05) is 37.3 Å². The highest BCUT2D eigenvalue weighted by atomic mass is 16.5. The molecule has 80 valence electrons. The normalized spacial score (nSPS) is 11.9. The van der Waals surface area contributed by atoms with Gasteiger partial charge in [-0.15, -0.1) is 0 Å². The molecule has 0 saturated heterocycles. The summed E-state index contributed by atoms with van der Waals surface area (Å²) >= 11 is 0. The molecule has 0 aliphatic rings. The molecule has 0 bridgehead atoms. The Labute approximate surface area is 90.6 Å². The van der Waals surface area contributed by atoms with Crippen molar-refractivity contribution < 1.29 is 9.53 Å². The molecule has 2 heteroatoms. The summed E-state index contributed by atoms with van der Waals surface area (Å²) in [7, 11) is 0. The van der Waals surface area contributed by atoms with Crippen LogP contribution in [0.5, 0.6) is 0 Å². The Kier molecular flexibility index (Phi) is 4.10. The van der Waals surface area contributed by atoms with E-state index in [1.54, 1.807) is 6.92 Å². The van der Waals surface area contributed by atoms with Crippen molar-refractivity contribution >= 4 is 5.97 Å². The topological polar surface area (TPSA) is 26.3 Å². The van der Waals surface area contributed by atoms with E-state index in [4.69, 9.17) is 4.74 Å².